The minimum Gasteiger partial charge on any atom is -0.277 e. The number of aromatic nitrogens is 2. The lowest BCUT2D eigenvalue weighted by Crippen LogP contribution is -2.11. The van der Waals surface area contributed by atoms with Crippen molar-refractivity contribution in [1.82, 2.24) is 8.33 Å². The number of nitrogens with zero attached hydrogens (tertiary/aromatic N) is 1. The molecule has 0 atom stereocenters. The quantitative estimate of drug-likeness (QED) is 0.609. The highest BCUT2D eigenvalue weighted by Gasteiger charge is 1.97. The third kappa shape index (κ3) is 5.76. The summed E-state index contributed by atoms with van der Waals surface area (Å²) in [6.07, 6.45) is 7.70. The van der Waals surface area contributed by atoms with Crippen LogP contribution in [0.2, 0.25) is 0 Å². The van der Waals surface area contributed by atoms with Crippen molar-refractivity contribution in [3.63, 3.8) is 0 Å². The van der Waals surface area contributed by atoms with Gasteiger partial charge in [-0.25, -0.2) is 0 Å². The van der Waals surface area contributed by atoms with Gasteiger partial charge in [0.2, 0.25) is 0 Å². The summed E-state index contributed by atoms with van der Waals surface area (Å²) < 4.78 is 5.52. The summed E-state index contributed by atoms with van der Waals surface area (Å²) in [6.45, 7) is 3.13. The molecule has 0 bridgehead atoms. The van der Waals surface area contributed by atoms with E-state index in [4.69, 9.17) is 0 Å². The van der Waals surface area contributed by atoms with Crippen LogP contribution < -0.4 is 11.1 Å². The molecule has 0 aliphatic rings. The van der Waals surface area contributed by atoms with Crippen molar-refractivity contribution in [2.45, 2.75) is 52.0 Å². The van der Waals surface area contributed by atoms with Crippen LogP contribution in [0.3, 0.4) is 0 Å². The van der Waals surface area contributed by atoms with E-state index in [0.29, 0.717) is 0 Å². The molecule has 2 aromatic heterocycles. The minimum absolute atomic E-state index is 0.0144. The normalized spacial score (nSPS) is 10.5. The van der Waals surface area contributed by atoms with Gasteiger partial charge in [0.15, 0.2) is 0 Å². The number of H-pyrrole nitrogens is 1. The van der Waals surface area contributed by atoms with E-state index in [-0.39, 0.29) is 11.1 Å². The van der Waals surface area contributed by atoms with Gasteiger partial charge >= 0.3 is 0 Å². The maximum atomic E-state index is 11.2. The summed E-state index contributed by atoms with van der Waals surface area (Å²) >= 11 is 2.90. The molecule has 0 amide bonds. The molecular formula is C18H24N2O2S2. The Balaban J connectivity index is 0.000000182. The second-order valence-electron chi connectivity index (χ2n) is 5.65. The fourth-order valence-electron chi connectivity index (χ4n) is 2.40. The van der Waals surface area contributed by atoms with Crippen molar-refractivity contribution in [3.8, 4) is 0 Å². The van der Waals surface area contributed by atoms with Gasteiger partial charge < -0.3 is 0 Å². The Hall–Kier alpha value is -1.66. The maximum Gasteiger partial charge on any atom is 0.265 e. The van der Waals surface area contributed by atoms with Crippen molar-refractivity contribution in [2.75, 3.05) is 0 Å². The summed E-state index contributed by atoms with van der Waals surface area (Å²) in [7, 11) is 0. The van der Waals surface area contributed by atoms with Crippen molar-refractivity contribution >= 4 is 33.2 Å². The summed E-state index contributed by atoms with van der Waals surface area (Å²) in [5, 5.41) is 2.65. The first-order valence-electron chi connectivity index (χ1n) is 8.43. The number of aromatic amines is 1. The second kappa shape index (κ2) is 10.3. The molecule has 4 nitrogen and oxygen atoms in total. The van der Waals surface area contributed by atoms with E-state index >= 15 is 0 Å². The summed E-state index contributed by atoms with van der Waals surface area (Å²) in [5.74, 6) is 0. The zero-order valence-electron chi connectivity index (χ0n) is 14.0. The Kier molecular flexibility index (Phi) is 7.98. The molecule has 3 aromatic rings. The van der Waals surface area contributed by atoms with Gasteiger partial charge in [-0.2, -0.15) is 0 Å². The van der Waals surface area contributed by atoms with Crippen LogP contribution in [-0.4, -0.2) is 8.33 Å². The molecule has 1 aromatic carbocycles. The Labute approximate surface area is 150 Å². The lowest BCUT2D eigenvalue weighted by atomic mass is 10.1. The number of fused-ring (bicyclic) bond motifs is 1. The topological polar surface area (TPSA) is 54.9 Å². The van der Waals surface area contributed by atoms with E-state index in [2.05, 4.69) is 11.3 Å². The number of rotatable bonds is 7. The molecule has 0 aliphatic heterocycles. The highest BCUT2D eigenvalue weighted by atomic mass is 32.1. The highest BCUT2D eigenvalue weighted by molar-refractivity contribution is 7.13. The zero-order valence-corrected chi connectivity index (χ0v) is 15.6. The SMILES string of the molecule is CCCCCCCCn1sccc1=O.O=c1[nH]sc2ccccc12. The van der Waals surface area contributed by atoms with Gasteiger partial charge in [0.05, 0.1) is 10.1 Å². The smallest absolute Gasteiger partial charge is 0.265 e. The number of hydrogen-bond donors (Lipinski definition) is 1. The largest absolute Gasteiger partial charge is 0.277 e. The molecule has 0 unspecified atom stereocenters. The van der Waals surface area contributed by atoms with Crippen molar-refractivity contribution in [1.29, 1.82) is 0 Å². The molecular weight excluding hydrogens is 340 g/mol. The number of aryl methyl sites for hydroxylation is 1. The van der Waals surface area contributed by atoms with Crippen LogP contribution in [-0.2, 0) is 6.54 Å². The summed E-state index contributed by atoms with van der Waals surface area (Å²) in [6, 6.07) is 9.18. The van der Waals surface area contributed by atoms with Gasteiger partial charge in [0.25, 0.3) is 11.1 Å². The molecule has 24 heavy (non-hydrogen) atoms. The first-order valence-corrected chi connectivity index (χ1v) is 10.1. The standard InChI is InChI=1S/C11H19NOS.C7H5NOS/c1-2-3-4-5-6-7-9-12-11(13)8-10-14-12;9-7-5-3-1-2-4-6(5)10-8-7/h8,10H,2-7,9H2,1H3;1-4H,(H,8,9). The number of nitrogens with one attached hydrogen (secondary N) is 1. The third-order valence-corrected chi connectivity index (χ3v) is 5.48. The Bertz CT molecular complexity index is 829. The number of unbranched alkanes of at least 4 members (excludes halogenated alkanes) is 5. The molecule has 0 aliphatic carbocycles. The third-order valence-electron chi connectivity index (χ3n) is 3.74. The highest BCUT2D eigenvalue weighted by Crippen LogP contribution is 2.11. The van der Waals surface area contributed by atoms with Crippen LogP contribution in [0.5, 0.6) is 0 Å². The molecule has 0 saturated carbocycles. The average Bonchev–Trinajstić information content (AvgIpc) is 3.18. The monoisotopic (exact) mass is 364 g/mol. The molecule has 0 saturated heterocycles. The Morgan fingerprint density at radius 3 is 2.46 bits per heavy atom. The molecule has 2 heterocycles. The van der Waals surface area contributed by atoms with Crippen LogP contribution in [0, 0.1) is 0 Å². The van der Waals surface area contributed by atoms with Crippen LogP contribution in [0.4, 0.5) is 0 Å². The molecule has 6 heteroatoms. The van der Waals surface area contributed by atoms with Crippen LogP contribution >= 0.6 is 23.1 Å². The minimum atomic E-state index is 0.0144. The Morgan fingerprint density at radius 2 is 1.75 bits per heavy atom. The van der Waals surface area contributed by atoms with Gasteiger partial charge in [-0.05, 0) is 18.6 Å². The lowest BCUT2D eigenvalue weighted by Gasteiger charge is -2.00. The average molecular weight is 365 g/mol. The summed E-state index contributed by atoms with van der Waals surface area (Å²) in [5.41, 5.74) is 0.171. The van der Waals surface area contributed by atoms with Crippen molar-refractivity contribution in [3.05, 3.63) is 56.4 Å². The molecule has 130 valence electrons. The predicted molar refractivity (Wildman–Crippen MR) is 104 cm³/mol. The second-order valence-corrected chi connectivity index (χ2v) is 7.42. The fraction of sp³-hybridized carbons (Fsp3) is 0.444. The van der Waals surface area contributed by atoms with Gasteiger partial charge in [0.1, 0.15) is 0 Å². The van der Waals surface area contributed by atoms with Gasteiger partial charge in [0, 0.05) is 18.0 Å². The molecule has 0 radical (unpaired) electrons. The van der Waals surface area contributed by atoms with E-state index in [1.54, 1.807) is 6.07 Å². The molecule has 3 rings (SSSR count). The van der Waals surface area contributed by atoms with E-state index in [1.165, 1.54) is 55.2 Å². The predicted octanol–water partition coefficient (Wildman–Crippen LogP) is 4.86. The van der Waals surface area contributed by atoms with Crippen molar-refractivity contribution < 1.29 is 0 Å². The fourth-order valence-corrected chi connectivity index (χ4v) is 3.85. The lowest BCUT2D eigenvalue weighted by molar-refractivity contribution is 0.569. The van der Waals surface area contributed by atoms with E-state index in [1.807, 2.05) is 33.6 Å². The number of benzene rings is 1. The van der Waals surface area contributed by atoms with Gasteiger partial charge in [-0.15, -0.1) is 0 Å². The van der Waals surface area contributed by atoms with E-state index in [9.17, 15) is 9.59 Å². The van der Waals surface area contributed by atoms with Crippen LogP contribution in [0.1, 0.15) is 45.4 Å². The first kappa shape index (κ1) is 18.7. The summed E-state index contributed by atoms with van der Waals surface area (Å²) in [4.78, 5) is 22.1. The van der Waals surface area contributed by atoms with E-state index < -0.39 is 0 Å². The van der Waals surface area contributed by atoms with Gasteiger partial charge in [-0.3, -0.25) is 17.9 Å². The number of hydrogen-bond acceptors (Lipinski definition) is 4. The van der Waals surface area contributed by atoms with Gasteiger partial charge in [-0.1, -0.05) is 74.2 Å². The van der Waals surface area contributed by atoms with Crippen LogP contribution in [0.25, 0.3) is 10.1 Å². The van der Waals surface area contributed by atoms with E-state index in [0.717, 1.165) is 23.1 Å². The maximum absolute atomic E-state index is 11.2. The zero-order chi connectivity index (χ0) is 17.2. The first-order chi connectivity index (χ1) is 11.7. The Morgan fingerprint density at radius 1 is 1.00 bits per heavy atom. The molecule has 0 spiro atoms. The van der Waals surface area contributed by atoms with Crippen LogP contribution in [0.15, 0.2) is 45.3 Å². The molecule has 1 N–H and O–H groups in total. The molecule has 0 fully saturated rings. The van der Waals surface area contributed by atoms with Crippen molar-refractivity contribution in [2.24, 2.45) is 0 Å².